The van der Waals surface area contributed by atoms with Crippen LogP contribution in [0.3, 0.4) is 0 Å². The summed E-state index contributed by atoms with van der Waals surface area (Å²) < 4.78 is 60.0. The van der Waals surface area contributed by atoms with Crippen LogP contribution in [0, 0.1) is 0 Å². The lowest BCUT2D eigenvalue weighted by Crippen LogP contribution is -2.17. The first-order chi connectivity index (χ1) is 20.1. The molecule has 2 atom stereocenters. The summed E-state index contributed by atoms with van der Waals surface area (Å²) in [4.78, 5) is 16.2. The van der Waals surface area contributed by atoms with Crippen LogP contribution in [0.5, 0.6) is 11.5 Å². The van der Waals surface area contributed by atoms with Gasteiger partial charge in [-0.25, -0.2) is 4.79 Å². The van der Waals surface area contributed by atoms with Gasteiger partial charge in [0.25, 0.3) is 0 Å². The van der Waals surface area contributed by atoms with Gasteiger partial charge in [0.2, 0.25) is 0 Å². The number of nitrogens with zero attached hydrogens (tertiary/aromatic N) is 2. The Labute approximate surface area is 244 Å². The molecule has 2 fully saturated rings. The van der Waals surface area contributed by atoms with Crippen LogP contribution < -0.4 is 9.47 Å². The van der Waals surface area contributed by atoms with Gasteiger partial charge in [0.1, 0.15) is 29.6 Å². The van der Waals surface area contributed by atoms with Crippen molar-refractivity contribution in [1.82, 2.24) is 10.1 Å². The molecule has 0 bridgehead atoms. The van der Waals surface area contributed by atoms with E-state index >= 15 is 0 Å². The summed E-state index contributed by atoms with van der Waals surface area (Å²) in [5, 5.41) is 4.64. The number of carbonyl (C=O) groups is 1. The van der Waals surface area contributed by atoms with E-state index in [1.807, 2.05) is 12.1 Å². The number of benzene rings is 2. The fourth-order valence-corrected chi connectivity index (χ4v) is 5.67. The molecular weight excluding hydrogens is 573 g/mol. The molecular formula is C31H26ClF3N2O5. The largest absolute Gasteiger partial charge is 0.573 e. The van der Waals surface area contributed by atoms with Gasteiger partial charge in [-0.15, -0.1) is 13.2 Å². The van der Waals surface area contributed by atoms with Crippen molar-refractivity contribution < 1.29 is 36.7 Å². The molecule has 218 valence electrons. The van der Waals surface area contributed by atoms with Crippen LogP contribution in [0.2, 0.25) is 5.02 Å². The molecule has 2 aromatic carbocycles. The Morgan fingerprint density at radius 3 is 2.64 bits per heavy atom. The molecule has 0 N–H and O–H groups in total. The lowest BCUT2D eigenvalue weighted by molar-refractivity contribution is -0.274. The van der Waals surface area contributed by atoms with E-state index in [2.05, 4.69) is 21.8 Å². The van der Waals surface area contributed by atoms with Gasteiger partial charge < -0.3 is 18.7 Å². The van der Waals surface area contributed by atoms with Crippen molar-refractivity contribution in [2.24, 2.45) is 0 Å². The van der Waals surface area contributed by atoms with E-state index in [1.54, 1.807) is 24.4 Å². The Morgan fingerprint density at radius 2 is 1.93 bits per heavy atom. The maximum Gasteiger partial charge on any atom is 0.573 e. The lowest BCUT2D eigenvalue weighted by Gasteiger charge is -2.15. The number of esters is 1. The molecule has 2 aromatic heterocycles. The number of halogens is 4. The van der Waals surface area contributed by atoms with Crippen molar-refractivity contribution >= 4 is 17.6 Å². The molecule has 0 aliphatic heterocycles. The molecule has 7 nitrogen and oxygen atoms in total. The number of methoxy groups -OCH3 is 1. The summed E-state index contributed by atoms with van der Waals surface area (Å²) in [5.41, 5.74) is 3.00. The maximum atomic E-state index is 13.1. The van der Waals surface area contributed by atoms with Crippen LogP contribution >= 0.6 is 11.6 Å². The minimum absolute atomic E-state index is 0.0217. The van der Waals surface area contributed by atoms with Crippen LogP contribution in [-0.2, 0) is 16.8 Å². The highest BCUT2D eigenvalue weighted by molar-refractivity contribution is 6.31. The van der Waals surface area contributed by atoms with Crippen LogP contribution in [0.1, 0.15) is 70.8 Å². The molecule has 2 heterocycles. The molecule has 0 saturated heterocycles. The third-order valence-corrected chi connectivity index (χ3v) is 8.25. The monoisotopic (exact) mass is 598 g/mol. The second-order valence-electron chi connectivity index (χ2n) is 10.8. The van der Waals surface area contributed by atoms with E-state index in [9.17, 15) is 18.0 Å². The third-order valence-electron chi connectivity index (χ3n) is 7.92. The number of hydrogen-bond donors (Lipinski definition) is 0. The fraction of sp³-hybridized carbons (Fsp3) is 0.323. The Balaban J connectivity index is 1.22. The zero-order valence-corrected chi connectivity index (χ0v) is 23.5. The van der Waals surface area contributed by atoms with E-state index in [4.69, 9.17) is 25.6 Å². The number of rotatable bonds is 9. The van der Waals surface area contributed by atoms with E-state index < -0.39 is 12.3 Å². The first kappa shape index (κ1) is 28.1. The Hall–Kier alpha value is -4.05. The standard InChI is InChI=1S/C31H26ClF3N2O5/c1-30(19-11-18(14-36-15-19)29(38)39-2)13-24(30)21-10-9-20(12-25(21)32)40-16-23-27(37-42-28(23)17-7-8-17)22-5-3-4-6-26(22)41-31(33,34)35/h3-6,9-12,14-15,17,24H,7-8,13,16H2,1-2H3. The predicted molar refractivity (Wildman–Crippen MR) is 147 cm³/mol. The average Bonchev–Trinajstić information content (AvgIpc) is 3.89. The van der Waals surface area contributed by atoms with Crippen molar-refractivity contribution in [3.8, 4) is 22.8 Å². The molecule has 6 rings (SSSR count). The molecule has 2 aliphatic rings. The fourth-order valence-electron chi connectivity index (χ4n) is 5.37. The third kappa shape index (κ3) is 5.55. The average molecular weight is 599 g/mol. The number of ether oxygens (including phenoxy) is 3. The number of alkyl halides is 3. The van der Waals surface area contributed by atoms with Gasteiger partial charge in [-0.2, -0.15) is 0 Å². The van der Waals surface area contributed by atoms with Crippen LogP contribution in [0.15, 0.2) is 65.4 Å². The normalized spacial score (nSPS) is 19.8. The smallest absolute Gasteiger partial charge is 0.489 e. The predicted octanol–water partition coefficient (Wildman–Crippen LogP) is 7.98. The molecule has 0 amide bonds. The van der Waals surface area contributed by atoms with Gasteiger partial charge in [-0.1, -0.05) is 41.9 Å². The number of hydrogen-bond acceptors (Lipinski definition) is 7. The Kier molecular flexibility index (Phi) is 7.12. The van der Waals surface area contributed by atoms with Gasteiger partial charge in [0.15, 0.2) is 0 Å². The lowest BCUT2D eigenvalue weighted by atomic mass is 9.93. The maximum absolute atomic E-state index is 13.1. The first-order valence-electron chi connectivity index (χ1n) is 13.4. The highest BCUT2D eigenvalue weighted by atomic mass is 35.5. The SMILES string of the molecule is COC(=O)c1cncc(C2(C)CC2c2ccc(OCc3c(-c4ccccc4OC(F)(F)F)noc3C3CC3)cc2Cl)c1. The summed E-state index contributed by atoms with van der Waals surface area (Å²) in [6.07, 6.45) is 1.01. The summed E-state index contributed by atoms with van der Waals surface area (Å²) in [6, 6.07) is 13.1. The topological polar surface area (TPSA) is 83.7 Å². The van der Waals surface area contributed by atoms with Gasteiger partial charge in [0.05, 0.1) is 18.2 Å². The molecule has 2 saturated carbocycles. The van der Waals surface area contributed by atoms with Crippen LogP contribution in [0.4, 0.5) is 13.2 Å². The molecule has 2 aliphatic carbocycles. The highest BCUT2D eigenvalue weighted by Crippen LogP contribution is 2.61. The molecule has 42 heavy (non-hydrogen) atoms. The summed E-state index contributed by atoms with van der Waals surface area (Å²) in [5.74, 6) is 0.549. The quantitative estimate of drug-likeness (QED) is 0.181. The second-order valence-corrected chi connectivity index (χ2v) is 11.2. The van der Waals surface area contributed by atoms with Crippen LogP contribution in [-0.4, -0.2) is 29.6 Å². The van der Waals surface area contributed by atoms with Crippen molar-refractivity contribution in [3.05, 3.63) is 94.0 Å². The summed E-state index contributed by atoms with van der Waals surface area (Å²) >= 11 is 6.72. The minimum atomic E-state index is -4.85. The van der Waals surface area contributed by atoms with Crippen LogP contribution in [0.25, 0.3) is 11.3 Å². The van der Waals surface area contributed by atoms with E-state index in [0.29, 0.717) is 27.7 Å². The van der Waals surface area contributed by atoms with Crippen molar-refractivity contribution in [2.45, 2.75) is 56.4 Å². The number of pyridine rings is 1. The minimum Gasteiger partial charge on any atom is -0.489 e. The zero-order chi connectivity index (χ0) is 29.6. The Bertz CT molecular complexity index is 1650. The second kappa shape index (κ2) is 10.7. The molecule has 4 aromatic rings. The first-order valence-corrected chi connectivity index (χ1v) is 13.7. The summed E-state index contributed by atoms with van der Waals surface area (Å²) in [7, 11) is 1.33. The molecule has 11 heteroatoms. The molecule has 2 unspecified atom stereocenters. The van der Waals surface area contributed by atoms with Gasteiger partial charge in [0, 0.05) is 34.3 Å². The van der Waals surface area contributed by atoms with E-state index in [0.717, 1.165) is 30.4 Å². The Morgan fingerprint density at radius 1 is 1.14 bits per heavy atom. The van der Waals surface area contributed by atoms with E-state index in [1.165, 1.54) is 31.5 Å². The zero-order valence-electron chi connectivity index (χ0n) is 22.7. The summed E-state index contributed by atoms with van der Waals surface area (Å²) in [6.45, 7) is 2.12. The van der Waals surface area contributed by atoms with Gasteiger partial charge >= 0.3 is 12.3 Å². The van der Waals surface area contributed by atoms with E-state index in [-0.39, 0.29) is 40.9 Å². The molecule has 0 spiro atoms. The van der Waals surface area contributed by atoms with Gasteiger partial charge in [-0.05, 0) is 66.6 Å². The van der Waals surface area contributed by atoms with Crippen molar-refractivity contribution in [3.63, 3.8) is 0 Å². The van der Waals surface area contributed by atoms with Gasteiger partial charge in [-0.3, -0.25) is 4.98 Å². The highest BCUT2D eigenvalue weighted by Gasteiger charge is 2.53. The van der Waals surface area contributed by atoms with Crippen molar-refractivity contribution in [2.75, 3.05) is 7.11 Å². The molecule has 0 radical (unpaired) electrons. The number of aromatic nitrogens is 2. The van der Waals surface area contributed by atoms with Crippen molar-refractivity contribution in [1.29, 1.82) is 0 Å². The number of para-hydroxylation sites is 1. The number of carbonyl (C=O) groups excluding carboxylic acids is 1.